The summed E-state index contributed by atoms with van der Waals surface area (Å²) in [6.07, 6.45) is 0. The van der Waals surface area contributed by atoms with Crippen LogP contribution >= 0.6 is 0 Å². The van der Waals surface area contributed by atoms with Gasteiger partial charge in [-0.25, -0.2) is 0 Å². The number of hydrogen-bond donors (Lipinski definition) is 1. The number of ether oxygens (including phenoxy) is 2. The minimum Gasteiger partial charge on any atom is -0.507 e. The molecular weight excluding hydrogens is 400 g/mol. The first kappa shape index (κ1) is 20.7. The average Bonchev–Trinajstić information content (AvgIpc) is 3.27. The molecule has 1 aromatic heterocycles. The van der Waals surface area contributed by atoms with Gasteiger partial charge < -0.3 is 24.0 Å². The predicted octanol–water partition coefficient (Wildman–Crippen LogP) is 2.42. The summed E-state index contributed by atoms with van der Waals surface area (Å²) in [4.78, 5) is 21.1. The lowest BCUT2D eigenvalue weighted by molar-refractivity contribution is 0.0612. The van der Waals surface area contributed by atoms with Gasteiger partial charge in [-0.1, -0.05) is 5.16 Å². The molecule has 1 amide bonds. The molecule has 1 aliphatic heterocycles. The van der Waals surface area contributed by atoms with Crippen molar-refractivity contribution in [3.63, 3.8) is 0 Å². The van der Waals surface area contributed by atoms with Crippen LogP contribution in [0.5, 0.6) is 17.2 Å². The molecule has 4 rings (SSSR count). The molecule has 0 saturated carbocycles. The zero-order valence-electron chi connectivity index (χ0n) is 17.4. The molecule has 3 aromatic rings. The molecule has 0 radical (unpaired) electrons. The lowest BCUT2D eigenvalue weighted by atomic mass is 10.1. The number of amides is 1. The third-order valence-electron chi connectivity index (χ3n) is 5.27. The standard InChI is InChI=1S/C22H24N4O5/c1-29-16-5-3-15(4-6-16)21-23-20(31-24-21)14-25-9-11-26(12-10-25)22(28)18-8-7-17(30-2)13-19(18)27/h3-8,13,27H,9-12,14H2,1-2H3. The molecule has 0 atom stereocenters. The fraction of sp³-hybridized carbons (Fsp3) is 0.318. The number of carbonyl (C=O) groups is 1. The Morgan fingerprint density at radius 3 is 2.35 bits per heavy atom. The Morgan fingerprint density at radius 1 is 1.03 bits per heavy atom. The minimum atomic E-state index is -0.195. The van der Waals surface area contributed by atoms with Gasteiger partial charge in [0.2, 0.25) is 11.7 Å². The number of phenols is 1. The zero-order chi connectivity index (χ0) is 21.8. The summed E-state index contributed by atoms with van der Waals surface area (Å²) in [6, 6.07) is 12.2. The topological polar surface area (TPSA) is 101 Å². The number of piperazine rings is 1. The molecule has 0 spiro atoms. The predicted molar refractivity (Wildman–Crippen MR) is 112 cm³/mol. The van der Waals surface area contributed by atoms with E-state index in [1.165, 1.54) is 13.2 Å². The number of methoxy groups -OCH3 is 2. The molecule has 0 unspecified atom stereocenters. The van der Waals surface area contributed by atoms with Crippen molar-refractivity contribution in [2.45, 2.75) is 6.54 Å². The van der Waals surface area contributed by atoms with E-state index in [9.17, 15) is 9.90 Å². The summed E-state index contributed by atoms with van der Waals surface area (Å²) >= 11 is 0. The van der Waals surface area contributed by atoms with Crippen LogP contribution in [0, 0.1) is 0 Å². The molecule has 0 bridgehead atoms. The van der Waals surface area contributed by atoms with Gasteiger partial charge in [-0.3, -0.25) is 9.69 Å². The van der Waals surface area contributed by atoms with Crippen molar-refractivity contribution in [2.24, 2.45) is 0 Å². The highest BCUT2D eigenvalue weighted by Gasteiger charge is 2.25. The summed E-state index contributed by atoms with van der Waals surface area (Å²) in [5.74, 6) is 2.05. The zero-order valence-corrected chi connectivity index (χ0v) is 17.4. The van der Waals surface area contributed by atoms with E-state index in [0.717, 1.165) is 11.3 Å². The largest absolute Gasteiger partial charge is 0.507 e. The Morgan fingerprint density at radius 2 is 1.71 bits per heavy atom. The van der Waals surface area contributed by atoms with E-state index < -0.39 is 0 Å². The highest BCUT2D eigenvalue weighted by molar-refractivity contribution is 5.97. The van der Waals surface area contributed by atoms with Gasteiger partial charge in [0.05, 0.1) is 26.3 Å². The number of nitrogens with zero attached hydrogens (tertiary/aromatic N) is 4. The van der Waals surface area contributed by atoms with Gasteiger partial charge >= 0.3 is 0 Å². The summed E-state index contributed by atoms with van der Waals surface area (Å²) in [7, 11) is 3.13. The maximum atomic E-state index is 12.7. The SMILES string of the molecule is COc1ccc(-c2noc(CN3CCN(C(=O)c4ccc(OC)cc4O)CC3)n2)cc1. The first-order valence-corrected chi connectivity index (χ1v) is 9.93. The van der Waals surface area contributed by atoms with Crippen LogP contribution in [-0.2, 0) is 6.54 Å². The third-order valence-corrected chi connectivity index (χ3v) is 5.27. The Kier molecular flexibility index (Phi) is 6.03. The van der Waals surface area contributed by atoms with E-state index in [-0.39, 0.29) is 17.2 Å². The second-order valence-corrected chi connectivity index (χ2v) is 7.19. The number of aromatic nitrogens is 2. The molecule has 2 aromatic carbocycles. The number of hydrogen-bond acceptors (Lipinski definition) is 8. The molecule has 31 heavy (non-hydrogen) atoms. The van der Waals surface area contributed by atoms with E-state index in [1.54, 1.807) is 24.1 Å². The van der Waals surface area contributed by atoms with Crippen LogP contribution < -0.4 is 9.47 Å². The highest BCUT2D eigenvalue weighted by Crippen LogP contribution is 2.25. The van der Waals surface area contributed by atoms with Gasteiger partial charge in [-0.05, 0) is 36.4 Å². The van der Waals surface area contributed by atoms with Crippen LogP contribution in [0.25, 0.3) is 11.4 Å². The van der Waals surface area contributed by atoms with E-state index >= 15 is 0 Å². The third kappa shape index (κ3) is 4.61. The first-order chi connectivity index (χ1) is 15.1. The molecule has 9 nitrogen and oxygen atoms in total. The van der Waals surface area contributed by atoms with Crippen LogP contribution in [0.4, 0.5) is 0 Å². The van der Waals surface area contributed by atoms with E-state index in [2.05, 4.69) is 15.0 Å². The fourth-order valence-electron chi connectivity index (χ4n) is 3.47. The van der Waals surface area contributed by atoms with Gasteiger partial charge in [0.15, 0.2) is 0 Å². The van der Waals surface area contributed by atoms with Crippen molar-refractivity contribution >= 4 is 5.91 Å². The van der Waals surface area contributed by atoms with E-state index in [1.807, 2.05) is 24.3 Å². The molecule has 1 saturated heterocycles. The van der Waals surface area contributed by atoms with Crippen LogP contribution in [0.2, 0.25) is 0 Å². The Balaban J connectivity index is 1.33. The molecule has 1 fully saturated rings. The maximum Gasteiger partial charge on any atom is 0.257 e. The Hall–Kier alpha value is -3.59. The lowest BCUT2D eigenvalue weighted by Crippen LogP contribution is -2.48. The second kappa shape index (κ2) is 9.05. The van der Waals surface area contributed by atoms with Crippen molar-refractivity contribution in [1.29, 1.82) is 0 Å². The number of benzene rings is 2. The van der Waals surface area contributed by atoms with Crippen LogP contribution in [0.1, 0.15) is 16.2 Å². The number of phenolic OH excluding ortho intramolecular Hbond substituents is 1. The molecule has 1 aliphatic rings. The highest BCUT2D eigenvalue weighted by atomic mass is 16.5. The quantitative estimate of drug-likeness (QED) is 0.644. The van der Waals surface area contributed by atoms with Crippen molar-refractivity contribution in [1.82, 2.24) is 19.9 Å². The number of rotatable bonds is 6. The molecular formula is C22H24N4O5. The van der Waals surface area contributed by atoms with E-state index in [4.69, 9.17) is 14.0 Å². The van der Waals surface area contributed by atoms with Crippen molar-refractivity contribution in [2.75, 3.05) is 40.4 Å². The Bertz CT molecular complexity index is 1040. The minimum absolute atomic E-state index is 0.0799. The van der Waals surface area contributed by atoms with Gasteiger partial charge in [0.25, 0.3) is 5.91 Å². The molecule has 9 heteroatoms. The second-order valence-electron chi connectivity index (χ2n) is 7.19. The number of aromatic hydroxyl groups is 1. The summed E-state index contributed by atoms with van der Waals surface area (Å²) in [5.41, 5.74) is 1.13. The van der Waals surface area contributed by atoms with E-state index in [0.29, 0.717) is 50.2 Å². The summed E-state index contributed by atoms with van der Waals surface area (Å²) in [5, 5.41) is 14.2. The van der Waals surface area contributed by atoms with Gasteiger partial charge in [-0.2, -0.15) is 4.98 Å². The first-order valence-electron chi connectivity index (χ1n) is 9.93. The molecule has 1 N–H and O–H groups in total. The lowest BCUT2D eigenvalue weighted by Gasteiger charge is -2.34. The summed E-state index contributed by atoms with van der Waals surface area (Å²) in [6.45, 7) is 2.94. The normalized spacial score (nSPS) is 14.5. The van der Waals surface area contributed by atoms with Crippen LogP contribution in [-0.4, -0.2) is 71.4 Å². The van der Waals surface area contributed by atoms with Crippen LogP contribution in [0.3, 0.4) is 0 Å². The van der Waals surface area contributed by atoms with Crippen LogP contribution in [0.15, 0.2) is 47.0 Å². The van der Waals surface area contributed by atoms with Gasteiger partial charge in [0.1, 0.15) is 17.2 Å². The van der Waals surface area contributed by atoms with Crippen molar-refractivity contribution < 1.29 is 23.9 Å². The van der Waals surface area contributed by atoms with Gasteiger partial charge in [-0.15, -0.1) is 0 Å². The van der Waals surface area contributed by atoms with Crippen molar-refractivity contribution in [3.05, 3.63) is 53.9 Å². The molecule has 0 aliphatic carbocycles. The average molecular weight is 424 g/mol. The fourth-order valence-corrected chi connectivity index (χ4v) is 3.47. The van der Waals surface area contributed by atoms with Gasteiger partial charge in [0, 0.05) is 37.8 Å². The molecule has 2 heterocycles. The molecule has 162 valence electrons. The van der Waals surface area contributed by atoms with Crippen molar-refractivity contribution in [3.8, 4) is 28.6 Å². The number of carbonyl (C=O) groups excluding carboxylic acids is 1. The monoisotopic (exact) mass is 424 g/mol. The summed E-state index contributed by atoms with van der Waals surface area (Å²) < 4.78 is 15.6. The maximum absolute atomic E-state index is 12.7. The smallest absolute Gasteiger partial charge is 0.257 e. The Labute approximate surface area is 179 Å².